The molecule has 0 fully saturated rings. The Morgan fingerprint density at radius 1 is 1.30 bits per heavy atom. The van der Waals surface area contributed by atoms with E-state index >= 15 is 0 Å². The van der Waals surface area contributed by atoms with Crippen LogP contribution in [0.3, 0.4) is 0 Å². The van der Waals surface area contributed by atoms with E-state index < -0.39 is 0 Å². The van der Waals surface area contributed by atoms with Crippen LogP contribution in [0.15, 0.2) is 6.08 Å². The molecule has 10 heavy (non-hydrogen) atoms. The van der Waals surface area contributed by atoms with E-state index in [-0.39, 0.29) is 11.1 Å². The Balaban J connectivity index is 2.73. The van der Waals surface area contributed by atoms with Gasteiger partial charge in [0, 0.05) is 11.1 Å². The molecule has 0 atom stereocenters. The van der Waals surface area contributed by atoms with E-state index in [9.17, 15) is 0 Å². The highest BCUT2D eigenvalue weighted by molar-refractivity contribution is 5.07. The fourth-order valence-electron chi connectivity index (χ4n) is 1.51. The highest BCUT2D eigenvalue weighted by Crippen LogP contribution is 2.20. The monoisotopic (exact) mass is 138 g/mol. The van der Waals surface area contributed by atoms with Gasteiger partial charge in [0.25, 0.3) is 0 Å². The predicted octanol–water partition coefficient (Wildman–Crippen LogP) is 1.90. The zero-order valence-corrected chi connectivity index (χ0v) is 7.28. The molecule has 0 aromatic heterocycles. The second-order valence-corrected chi connectivity index (χ2v) is 4.26. The molecule has 1 aliphatic rings. The fraction of sp³-hybridized carbons (Fsp3) is 0.778. The lowest BCUT2D eigenvalue weighted by Gasteiger charge is -2.38. The summed E-state index contributed by atoms with van der Waals surface area (Å²) in [6.45, 7) is 8.74. The number of nitrogens with one attached hydrogen (secondary N) is 1. The van der Waals surface area contributed by atoms with Crippen molar-refractivity contribution in [3.05, 3.63) is 12.2 Å². The van der Waals surface area contributed by atoms with Gasteiger partial charge in [-0.2, -0.15) is 0 Å². The van der Waals surface area contributed by atoms with Crippen LogP contribution in [0, 0.1) is 6.08 Å². The molecule has 1 radical (unpaired) electrons. The van der Waals surface area contributed by atoms with Gasteiger partial charge in [0.1, 0.15) is 0 Å². The van der Waals surface area contributed by atoms with Gasteiger partial charge in [0.05, 0.1) is 0 Å². The lowest BCUT2D eigenvalue weighted by molar-refractivity contribution is 0.287. The van der Waals surface area contributed by atoms with Crippen molar-refractivity contribution in [3.8, 4) is 0 Å². The molecule has 1 aliphatic heterocycles. The first kappa shape index (κ1) is 7.80. The Kier molecular flexibility index (Phi) is 1.63. The van der Waals surface area contributed by atoms with E-state index in [1.807, 2.05) is 0 Å². The van der Waals surface area contributed by atoms with Gasteiger partial charge in [-0.25, -0.2) is 0 Å². The molecule has 0 aromatic carbocycles. The Morgan fingerprint density at radius 3 is 2.20 bits per heavy atom. The van der Waals surface area contributed by atoms with Gasteiger partial charge < -0.3 is 5.32 Å². The summed E-state index contributed by atoms with van der Waals surface area (Å²) in [6.07, 6.45) is 6.40. The number of hydrogen-bond acceptors (Lipinski definition) is 1. The third kappa shape index (κ3) is 1.84. The first-order valence-corrected chi connectivity index (χ1v) is 3.78. The van der Waals surface area contributed by atoms with E-state index in [0.717, 1.165) is 6.42 Å². The zero-order chi connectivity index (χ0) is 7.83. The summed E-state index contributed by atoms with van der Waals surface area (Å²) in [5.74, 6) is 0. The third-order valence-electron chi connectivity index (χ3n) is 1.67. The smallest absolute Gasteiger partial charge is 0.0317 e. The fourth-order valence-corrected chi connectivity index (χ4v) is 1.51. The molecule has 0 saturated carbocycles. The van der Waals surface area contributed by atoms with Crippen molar-refractivity contribution in [1.82, 2.24) is 5.32 Å². The Labute approximate surface area is 63.5 Å². The van der Waals surface area contributed by atoms with Crippen molar-refractivity contribution in [2.24, 2.45) is 0 Å². The van der Waals surface area contributed by atoms with Crippen LogP contribution in [0.2, 0.25) is 0 Å². The van der Waals surface area contributed by atoms with Crippen LogP contribution in [-0.2, 0) is 0 Å². The molecule has 0 amide bonds. The first-order valence-electron chi connectivity index (χ1n) is 3.78. The number of hydrogen-bond donors (Lipinski definition) is 1. The average molecular weight is 138 g/mol. The lowest BCUT2D eigenvalue weighted by atomic mass is 9.89. The molecule has 1 nitrogen and oxygen atoms in total. The van der Waals surface area contributed by atoms with Crippen LogP contribution in [-0.4, -0.2) is 11.1 Å². The second-order valence-electron chi connectivity index (χ2n) is 4.26. The van der Waals surface area contributed by atoms with Gasteiger partial charge in [0.15, 0.2) is 0 Å². The summed E-state index contributed by atoms with van der Waals surface area (Å²) in [5.41, 5.74) is 0.347. The van der Waals surface area contributed by atoms with Crippen LogP contribution in [0.5, 0.6) is 0 Å². The highest BCUT2D eigenvalue weighted by atomic mass is 15.0. The first-order chi connectivity index (χ1) is 4.41. The quantitative estimate of drug-likeness (QED) is 0.539. The Morgan fingerprint density at radius 2 is 1.90 bits per heavy atom. The SMILES string of the molecule is CC1(C)C=[C]CC(C)(C)N1. The van der Waals surface area contributed by atoms with Gasteiger partial charge in [-0.05, 0) is 40.2 Å². The molecule has 0 unspecified atom stereocenters. The molecule has 1 heterocycles. The molecule has 1 rings (SSSR count). The van der Waals surface area contributed by atoms with Gasteiger partial charge in [0.2, 0.25) is 0 Å². The predicted molar refractivity (Wildman–Crippen MR) is 43.7 cm³/mol. The van der Waals surface area contributed by atoms with Crippen LogP contribution in [0.25, 0.3) is 0 Å². The van der Waals surface area contributed by atoms with E-state index in [4.69, 9.17) is 0 Å². The summed E-state index contributed by atoms with van der Waals surface area (Å²) in [6, 6.07) is 0. The Bertz CT molecular complexity index is 154. The van der Waals surface area contributed by atoms with Crippen molar-refractivity contribution in [3.63, 3.8) is 0 Å². The van der Waals surface area contributed by atoms with E-state index in [1.165, 1.54) is 0 Å². The number of rotatable bonds is 0. The van der Waals surface area contributed by atoms with Crippen molar-refractivity contribution in [2.45, 2.75) is 45.2 Å². The third-order valence-corrected chi connectivity index (χ3v) is 1.67. The van der Waals surface area contributed by atoms with Gasteiger partial charge >= 0.3 is 0 Å². The van der Waals surface area contributed by atoms with Crippen LogP contribution in [0.4, 0.5) is 0 Å². The largest absolute Gasteiger partial charge is 0.303 e. The van der Waals surface area contributed by atoms with Crippen LogP contribution >= 0.6 is 0 Å². The van der Waals surface area contributed by atoms with Crippen molar-refractivity contribution in [2.75, 3.05) is 0 Å². The molecule has 0 aliphatic carbocycles. The van der Waals surface area contributed by atoms with Crippen LogP contribution < -0.4 is 5.32 Å². The minimum absolute atomic E-state index is 0.127. The van der Waals surface area contributed by atoms with E-state index in [2.05, 4.69) is 45.2 Å². The molecule has 0 spiro atoms. The Hall–Kier alpha value is -0.300. The minimum atomic E-state index is 0.127. The maximum Gasteiger partial charge on any atom is 0.0317 e. The summed E-state index contributed by atoms with van der Waals surface area (Å²) in [7, 11) is 0. The maximum absolute atomic E-state index is 3.51. The summed E-state index contributed by atoms with van der Waals surface area (Å²) < 4.78 is 0. The molecule has 0 bridgehead atoms. The van der Waals surface area contributed by atoms with Gasteiger partial charge in [-0.1, -0.05) is 6.08 Å². The summed E-state index contributed by atoms with van der Waals surface area (Å²) in [5, 5.41) is 3.51. The summed E-state index contributed by atoms with van der Waals surface area (Å²) in [4.78, 5) is 0. The topological polar surface area (TPSA) is 12.0 Å². The normalized spacial score (nSPS) is 28.4. The maximum atomic E-state index is 3.51. The lowest BCUT2D eigenvalue weighted by Crippen LogP contribution is -2.53. The molecule has 0 saturated heterocycles. The molecule has 57 valence electrons. The molecule has 0 aromatic rings. The molecular formula is C9H16N. The van der Waals surface area contributed by atoms with Crippen LogP contribution in [0.1, 0.15) is 34.1 Å². The molecule has 1 N–H and O–H groups in total. The second kappa shape index (κ2) is 2.09. The van der Waals surface area contributed by atoms with E-state index in [1.54, 1.807) is 0 Å². The molecule has 1 heteroatoms. The van der Waals surface area contributed by atoms with Crippen molar-refractivity contribution in [1.29, 1.82) is 0 Å². The summed E-state index contributed by atoms with van der Waals surface area (Å²) >= 11 is 0. The minimum Gasteiger partial charge on any atom is -0.303 e. The average Bonchev–Trinajstić information content (AvgIpc) is 1.56. The highest BCUT2D eigenvalue weighted by Gasteiger charge is 2.27. The zero-order valence-electron chi connectivity index (χ0n) is 7.28. The standard InChI is InChI=1S/C9H16N/c1-8(2)6-5-7-9(3,4)10-8/h6,10H,7H2,1-4H3. The van der Waals surface area contributed by atoms with Crippen molar-refractivity contribution < 1.29 is 0 Å². The van der Waals surface area contributed by atoms with Gasteiger partial charge in [-0.3, -0.25) is 0 Å². The van der Waals surface area contributed by atoms with E-state index in [0.29, 0.717) is 0 Å². The molecular weight excluding hydrogens is 122 g/mol. The van der Waals surface area contributed by atoms with Crippen molar-refractivity contribution >= 4 is 0 Å². The van der Waals surface area contributed by atoms with Gasteiger partial charge in [-0.15, -0.1) is 0 Å².